The van der Waals surface area contributed by atoms with E-state index in [2.05, 4.69) is 12.2 Å². The largest absolute Gasteiger partial charge is 0.274 e. The van der Waals surface area contributed by atoms with Crippen molar-refractivity contribution >= 4 is 17.5 Å². The van der Waals surface area contributed by atoms with Crippen LogP contribution >= 0.6 is 0 Å². The van der Waals surface area contributed by atoms with Gasteiger partial charge < -0.3 is 0 Å². The van der Waals surface area contributed by atoms with E-state index in [1.165, 1.54) is 11.3 Å². The van der Waals surface area contributed by atoms with Gasteiger partial charge in [0.15, 0.2) is 0 Å². The van der Waals surface area contributed by atoms with Crippen LogP contribution in [-0.2, 0) is 9.59 Å². The van der Waals surface area contributed by atoms with Crippen molar-refractivity contribution < 1.29 is 9.59 Å². The van der Waals surface area contributed by atoms with E-state index in [4.69, 9.17) is 0 Å². The Morgan fingerprint density at radius 1 is 0.952 bits per heavy atom. The molecule has 5 aliphatic rings. The second kappa shape index (κ2) is 3.65. The van der Waals surface area contributed by atoms with Gasteiger partial charge in [0.25, 0.3) is 0 Å². The number of amides is 2. The third-order valence-electron chi connectivity index (χ3n) is 6.02. The Morgan fingerprint density at radius 3 is 2.10 bits per heavy atom. The molecule has 6 rings (SSSR count). The minimum Gasteiger partial charge on any atom is -0.274 e. The number of aryl methyl sites for hydroxylation is 1. The highest BCUT2D eigenvalue weighted by atomic mass is 16.2. The molecule has 1 aromatic rings. The average Bonchev–Trinajstić information content (AvgIpc) is 3.26. The summed E-state index contributed by atoms with van der Waals surface area (Å²) >= 11 is 0. The van der Waals surface area contributed by atoms with Gasteiger partial charge in [-0.3, -0.25) is 9.59 Å². The fraction of sp³-hybridized carbons (Fsp3) is 0.444. The summed E-state index contributed by atoms with van der Waals surface area (Å²) in [6, 6.07) is 7.69. The van der Waals surface area contributed by atoms with Crippen LogP contribution < -0.4 is 4.90 Å². The van der Waals surface area contributed by atoms with Crippen LogP contribution in [0.1, 0.15) is 12.0 Å². The Hall–Kier alpha value is -1.90. The lowest BCUT2D eigenvalue weighted by atomic mass is 9.63. The van der Waals surface area contributed by atoms with Crippen LogP contribution in [0.25, 0.3) is 0 Å². The molecule has 1 heterocycles. The van der Waals surface area contributed by atoms with E-state index in [1.54, 1.807) is 0 Å². The van der Waals surface area contributed by atoms with Crippen LogP contribution in [0.15, 0.2) is 36.4 Å². The Kier molecular flexibility index (Phi) is 2.04. The summed E-state index contributed by atoms with van der Waals surface area (Å²) in [6.45, 7) is 1.96. The van der Waals surface area contributed by atoms with Gasteiger partial charge in [-0.25, -0.2) is 4.90 Å². The zero-order chi connectivity index (χ0) is 14.3. The molecular formula is C18H17NO2. The van der Waals surface area contributed by atoms with Crippen molar-refractivity contribution in [2.24, 2.45) is 35.5 Å². The predicted molar refractivity (Wildman–Crippen MR) is 78.4 cm³/mol. The number of anilines is 1. The van der Waals surface area contributed by atoms with Gasteiger partial charge in [-0.15, -0.1) is 0 Å². The van der Waals surface area contributed by atoms with Gasteiger partial charge in [-0.1, -0.05) is 30.4 Å². The minimum absolute atomic E-state index is 0.0315. The first kappa shape index (κ1) is 11.7. The van der Waals surface area contributed by atoms with E-state index in [0.717, 1.165) is 11.3 Å². The number of hydrogen-bond acceptors (Lipinski definition) is 2. The number of carbonyl (C=O) groups is 2. The predicted octanol–water partition coefficient (Wildman–Crippen LogP) is 2.55. The maximum absolute atomic E-state index is 12.9. The Balaban J connectivity index is 1.62. The van der Waals surface area contributed by atoms with Crippen molar-refractivity contribution in [3.05, 3.63) is 42.0 Å². The van der Waals surface area contributed by atoms with Crippen molar-refractivity contribution in [2.45, 2.75) is 13.3 Å². The van der Waals surface area contributed by atoms with Gasteiger partial charge in [0.1, 0.15) is 0 Å². The number of benzene rings is 1. The molecule has 4 aliphatic carbocycles. The topological polar surface area (TPSA) is 37.4 Å². The molecule has 1 aromatic carbocycles. The summed E-state index contributed by atoms with van der Waals surface area (Å²) in [7, 11) is 0. The quantitative estimate of drug-likeness (QED) is 0.585. The molecule has 0 aromatic heterocycles. The van der Waals surface area contributed by atoms with Crippen molar-refractivity contribution in [1.82, 2.24) is 0 Å². The number of para-hydroxylation sites is 1. The summed E-state index contributed by atoms with van der Waals surface area (Å²) in [5.41, 5.74) is 1.76. The summed E-state index contributed by atoms with van der Waals surface area (Å²) in [5, 5.41) is 0. The number of carbonyl (C=O) groups excluding carboxylic acids is 2. The summed E-state index contributed by atoms with van der Waals surface area (Å²) in [5.74, 6) is 1.79. The third-order valence-corrected chi connectivity index (χ3v) is 6.02. The molecule has 0 N–H and O–H groups in total. The number of rotatable bonds is 1. The molecule has 3 heteroatoms. The molecule has 3 nitrogen and oxygen atoms in total. The van der Waals surface area contributed by atoms with Gasteiger partial charge in [0.05, 0.1) is 17.5 Å². The van der Waals surface area contributed by atoms with Crippen molar-refractivity contribution in [3.63, 3.8) is 0 Å². The maximum atomic E-state index is 12.9. The molecule has 106 valence electrons. The molecule has 0 spiro atoms. The van der Waals surface area contributed by atoms with Crippen LogP contribution in [-0.4, -0.2) is 11.8 Å². The van der Waals surface area contributed by atoms with Crippen LogP contribution in [0.2, 0.25) is 0 Å². The van der Waals surface area contributed by atoms with Crippen molar-refractivity contribution in [3.8, 4) is 0 Å². The molecular weight excluding hydrogens is 262 g/mol. The van der Waals surface area contributed by atoms with E-state index < -0.39 is 0 Å². The lowest BCUT2D eigenvalue weighted by Gasteiger charge is -2.37. The smallest absolute Gasteiger partial charge is 0.238 e. The second-order valence-corrected chi connectivity index (χ2v) is 6.95. The average molecular weight is 279 g/mol. The first-order valence-corrected chi connectivity index (χ1v) is 7.80. The highest BCUT2D eigenvalue weighted by molar-refractivity contribution is 6.23. The second-order valence-electron chi connectivity index (χ2n) is 6.95. The molecule has 2 saturated carbocycles. The lowest BCUT2D eigenvalue weighted by molar-refractivity contribution is -0.124. The number of allylic oxidation sites excluding steroid dienone is 2. The van der Waals surface area contributed by atoms with Crippen LogP contribution in [0.5, 0.6) is 0 Å². The lowest BCUT2D eigenvalue weighted by Crippen LogP contribution is -2.40. The maximum Gasteiger partial charge on any atom is 0.238 e. The molecule has 0 radical (unpaired) electrons. The SMILES string of the molecule is Cc1ccccc1N1C(=O)[C@@H]2[C@H]3C=C[C@H]([C@H]4C[C@H]34)[C@@H]2C1=O. The molecule has 1 saturated heterocycles. The Labute approximate surface area is 123 Å². The minimum atomic E-state index is -0.101. The van der Waals surface area contributed by atoms with E-state index in [0.29, 0.717) is 23.7 Å². The normalized spacial score (nSPS) is 42.2. The van der Waals surface area contributed by atoms with Crippen molar-refractivity contribution in [1.29, 1.82) is 0 Å². The Morgan fingerprint density at radius 2 is 1.52 bits per heavy atom. The van der Waals surface area contributed by atoms with Gasteiger partial charge >= 0.3 is 0 Å². The standard InChI is InChI=1S/C18H17NO2/c1-9-4-2-3-5-14(9)19-17(20)15-10-6-7-11(13-8-12(10)13)16(15)18(19)21/h2-7,10-13,15-16H,8H2,1H3/t10-,11+,12-,13-,15+,16-/m1/s1. The molecule has 3 fully saturated rings. The van der Waals surface area contributed by atoms with Crippen molar-refractivity contribution in [2.75, 3.05) is 4.90 Å². The van der Waals surface area contributed by atoms with Gasteiger partial charge in [0.2, 0.25) is 11.8 Å². The van der Waals surface area contributed by atoms with Gasteiger partial charge in [-0.2, -0.15) is 0 Å². The van der Waals surface area contributed by atoms with Crippen LogP contribution in [0.4, 0.5) is 5.69 Å². The van der Waals surface area contributed by atoms with E-state index in [1.807, 2.05) is 31.2 Å². The molecule has 1 aliphatic heterocycles. The van der Waals surface area contributed by atoms with E-state index in [-0.39, 0.29) is 23.7 Å². The zero-order valence-corrected chi connectivity index (χ0v) is 11.9. The van der Waals surface area contributed by atoms with E-state index >= 15 is 0 Å². The molecule has 6 atom stereocenters. The highest BCUT2D eigenvalue weighted by Gasteiger charge is 2.67. The summed E-state index contributed by atoms with van der Waals surface area (Å²) in [4.78, 5) is 27.3. The Bertz CT molecular complexity index is 671. The molecule has 2 amide bonds. The summed E-state index contributed by atoms with van der Waals surface area (Å²) in [6.07, 6.45) is 5.64. The number of imide groups is 1. The molecule has 21 heavy (non-hydrogen) atoms. The molecule has 0 unspecified atom stereocenters. The van der Waals surface area contributed by atoms with Crippen LogP contribution in [0.3, 0.4) is 0 Å². The summed E-state index contributed by atoms with van der Waals surface area (Å²) < 4.78 is 0. The number of hydrogen-bond donors (Lipinski definition) is 0. The zero-order valence-electron chi connectivity index (χ0n) is 11.9. The number of nitrogens with zero attached hydrogens (tertiary/aromatic N) is 1. The van der Waals surface area contributed by atoms with Gasteiger partial charge in [0, 0.05) is 0 Å². The monoisotopic (exact) mass is 279 g/mol. The molecule has 2 bridgehead atoms. The first-order chi connectivity index (χ1) is 10.2. The van der Waals surface area contributed by atoms with E-state index in [9.17, 15) is 9.59 Å². The first-order valence-electron chi connectivity index (χ1n) is 7.80. The van der Waals surface area contributed by atoms with Gasteiger partial charge in [-0.05, 0) is 48.6 Å². The highest BCUT2D eigenvalue weighted by Crippen LogP contribution is 2.65. The fourth-order valence-electron chi connectivity index (χ4n) is 5.01. The third kappa shape index (κ3) is 1.30. The van der Waals surface area contributed by atoms with Crippen LogP contribution in [0, 0.1) is 42.4 Å². The fourth-order valence-corrected chi connectivity index (χ4v) is 5.01.